The third-order valence-electron chi connectivity index (χ3n) is 8.94. The van der Waals surface area contributed by atoms with Crippen molar-refractivity contribution in [3.63, 3.8) is 0 Å². The first-order valence-corrected chi connectivity index (χ1v) is 17.8. The number of fused-ring (bicyclic) bond motifs is 4. The Bertz CT molecular complexity index is 1580. The quantitative estimate of drug-likeness (QED) is 0.0553. The zero-order chi connectivity index (χ0) is 35.9. The van der Waals surface area contributed by atoms with Gasteiger partial charge in [-0.1, -0.05) is 12.8 Å². The van der Waals surface area contributed by atoms with E-state index in [4.69, 9.17) is 41.9 Å². The maximum absolute atomic E-state index is 12.3. The summed E-state index contributed by atoms with van der Waals surface area (Å²) in [6.45, 7) is 3.74. The molecule has 0 saturated carbocycles. The molecule has 0 saturated heterocycles. The number of nitrogens with two attached hydrogens (primary N) is 4. The molecule has 282 valence electrons. The Hall–Kier alpha value is -3.88. The van der Waals surface area contributed by atoms with Crippen molar-refractivity contribution in [1.82, 2.24) is 10.6 Å². The molecule has 2 heterocycles. The lowest BCUT2D eigenvalue weighted by Gasteiger charge is -2.20. The molecule has 0 radical (unpaired) electrons. The smallest absolute Gasteiger partial charge is 0.236 e. The van der Waals surface area contributed by atoms with E-state index >= 15 is 0 Å². The van der Waals surface area contributed by atoms with Crippen LogP contribution in [0.4, 0.5) is 0 Å². The van der Waals surface area contributed by atoms with E-state index in [1.165, 1.54) is 5.56 Å². The van der Waals surface area contributed by atoms with Gasteiger partial charge in [-0.25, -0.2) is 0 Å². The molecule has 3 aromatic rings. The first-order valence-electron chi connectivity index (χ1n) is 17.8. The van der Waals surface area contributed by atoms with Gasteiger partial charge in [-0.15, -0.1) is 0 Å². The van der Waals surface area contributed by atoms with Crippen LogP contribution in [0.15, 0.2) is 36.5 Å². The van der Waals surface area contributed by atoms with Gasteiger partial charge in [0.1, 0.15) is 0 Å². The van der Waals surface area contributed by atoms with E-state index in [-0.39, 0.29) is 24.2 Å². The molecule has 1 aliphatic heterocycles. The molecule has 51 heavy (non-hydrogen) atoms. The lowest BCUT2D eigenvalue weighted by molar-refractivity contribution is -0.686. The van der Waals surface area contributed by atoms with Gasteiger partial charge in [-0.2, -0.15) is 4.57 Å². The number of carbonyl (C=O) groups excluding carboxylic acids is 2. The summed E-state index contributed by atoms with van der Waals surface area (Å²) < 4.78 is 26.0. The minimum Gasteiger partial charge on any atom is -1.00 e. The highest BCUT2D eigenvalue weighted by Crippen LogP contribution is 2.40. The Labute approximate surface area is 307 Å². The number of nitrogens with zero attached hydrogens (tertiary/aromatic N) is 1. The maximum atomic E-state index is 12.3. The lowest BCUT2D eigenvalue weighted by Crippen LogP contribution is -3.00. The molecular formula is C37H56ClN7O6. The van der Waals surface area contributed by atoms with Gasteiger partial charge < -0.3 is 64.9 Å². The minimum atomic E-state index is -0.527. The van der Waals surface area contributed by atoms with Gasteiger partial charge in [0.25, 0.3) is 0 Å². The fourth-order valence-corrected chi connectivity index (χ4v) is 6.06. The van der Waals surface area contributed by atoms with E-state index in [1.807, 2.05) is 18.2 Å². The summed E-state index contributed by atoms with van der Waals surface area (Å²) in [5.41, 5.74) is 26.3. The number of unbranched alkanes of at least 4 members (excludes halogenated alkanes) is 2. The van der Waals surface area contributed by atoms with Crippen molar-refractivity contribution in [3.8, 4) is 34.3 Å². The van der Waals surface area contributed by atoms with Gasteiger partial charge in [0.2, 0.25) is 17.5 Å². The number of nitrogens with one attached hydrogen (secondary N) is 2. The fourth-order valence-electron chi connectivity index (χ4n) is 6.06. The molecule has 0 spiro atoms. The van der Waals surface area contributed by atoms with Crippen molar-refractivity contribution in [3.05, 3.63) is 42.1 Å². The van der Waals surface area contributed by atoms with Crippen molar-refractivity contribution in [1.29, 1.82) is 0 Å². The Kier molecular flexibility index (Phi) is 17.5. The summed E-state index contributed by atoms with van der Waals surface area (Å²) >= 11 is 0. The molecule has 2 amide bonds. The van der Waals surface area contributed by atoms with Crippen LogP contribution < -0.4 is 69.5 Å². The van der Waals surface area contributed by atoms with Crippen LogP contribution >= 0.6 is 0 Å². The number of amides is 2. The van der Waals surface area contributed by atoms with Crippen molar-refractivity contribution in [2.75, 3.05) is 53.6 Å². The summed E-state index contributed by atoms with van der Waals surface area (Å²) in [6, 6.07) is 9.15. The third kappa shape index (κ3) is 11.6. The van der Waals surface area contributed by atoms with Gasteiger partial charge in [-0.3, -0.25) is 9.59 Å². The maximum Gasteiger partial charge on any atom is 0.236 e. The fraction of sp³-hybridized carbons (Fsp3) is 0.541. The van der Waals surface area contributed by atoms with Crippen LogP contribution in [0.1, 0.15) is 56.9 Å². The van der Waals surface area contributed by atoms with E-state index in [0.29, 0.717) is 88.1 Å². The lowest BCUT2D eigenvalue weighted by atomic mass is 9.95. The molecule has 14 heteroatoms. The second-order valence-electron chi connectivity index (χ2n) is 12.6. The Balaban J connectivity index is 0.00000702. The topological polar surface area (TPSA) is 203 Å². The molecule has 1 aromatic heterocycles. The van der Waals surface area contributed by atoms with E-state index in [1.54, 1.807) is 14.2 Å². The number of hydrogen-bond donors (Lipinski definition) is 6. The van der Waals surface area contributed by atoms with Crippen molar-refractivity contribution in [2.24, 2.45) is 22.9 Å². The van der Waals surface area contributed by atoms with Crippen molar-refractivity contribution < 1.29 is 45.5 Å². The number of methoxy groups -OCH3 is 2. The standard InChI is InChI=1S/C37H55N7O6.ClH/c1-47-32-12-11-25-21-31-27-23-33(48-2)34(49-19-7-16-42-36(45)29(40)9-3-5-14-38)22-26(27)13-18-44(31)24-28(25)35(32)50-20-8-17-43-37(46)30(41)10-4-6-15-39;/h11-12,21-24,29-30H,3-10,13-20,38-41H2,1-2H3,(H-,42,43,45,46);1H. The molecule has 2 atom stereocenters. The van der Waals surface area contributed by atoms with Gasteiger partial charge >= 0.3 is 0 Å². The minimum absolute atomic E-state index is 0. The normalized spacial score (nSPS) is 12.9. The van der Waals surface area contributed by atoms with Crippen LogP contribution in [-0.2, 0) is 22.6 Å². The molecule has 10 N–H and O–H groups in total. The summed E-state index contributed by atoms with van der Waals surface area (Å²) in [6.07, 6.45) is 8.83. The molecule has 0 aliphatic carbocycles. The zero-order valence-electron chi connectivity index (χ0n) is 30.0. The predicted octanol–water partition coefficient (Wildman–Crippen LogP) is -0.946. The van der Waals surface area contributed by atoms with Crippen molar-refractivity contribution in [2.45, 2.75) is 76.4 Å². The van der Waals surface area contributed by atoms with Crippen LogP contribution in [-0.4, -0.2) is 77.5 Å². The molecule has 2 unspecified atom stereocenters. The number of halogens is 1. The summed E-state index contributed by atoms with van der Waals surface area (Å²) in [5.74, 6) is 2.34. The molecule has 0 fully saturated rings. The van der Waals surface area contributed by atoms with Gasteiger partial charge in [0, 0.05) is 25.6 Å². The first-order chi connectivity index (χ1) is 24.3. The number of aryl methyl sites for hydroxylation is 2. The van der Waals surface area contributed by atoms with Gasteiger partial charge in [0.05, 0.1) is 50.5 Å². The van der Waals surface area contributed by atoms with E-state index < -0.39 is 12.1 Å². The van der Waals surface area contributed by atoms with Crippen LogP contribution in [0.5, 0.6) is 23.0 Å². The first kappa shape index (κ1) is 41.5. The van der Waals surface area contributed by atoms with E-state index in [0.717, 1.165) is 60.7 Å². The highest BCUT2D eigenvalue weighted by atomic mass is 35.5. The number of carbonyl (C=O) groups is 2. The van der Waals surface area contributed by atoms with Crippen LogP contribution in [0.25, 0.3) is 22.0 Å². The average Bonchev–Trinajstić information content (AvgIpc) is 3.13. The summed E-state index contributed by atoms with van der Waals surface area (Å²) in [5, 5.41) is 7.75. The number of rotatable bonds is 22. The molecule has 1 aliphatic rings. The SMILES string of the molecule is COc1cc2c(cc1OCCCNC(=O)C(N)CCCCN)CC[n+]1cc3c(OCCCNC(=O)C(N)CCCCN)c(OC)ccc3cc1-2.[Cl-]. The zero-order valence-corrected chi connectivity index (χ0v) is 30.8. The summed E-state index contributed by atoms with van der Waals surface area (Å²) in [4.78, 5) is 24.5. The number of ether oxygens (including phenoxy) is 4. The van der Waals surface area contributed by atoms with Gasteiger partial charge in [0.15, 0.2) is 35.7 Å². The Morgan fingerprint density at radius 1 is 0.784 bits per heavy atom. The monoisotopic (exact) mass is 729 g/mol. The third-order valence-corrected chi connectivity index (χ3v) is 8.94. The second-order valence-corrected chi connectivity index (χ2v) is 12.6. The summed E-state index contributed by atoms with van der Waals surface area (Å²) in [7, 11) is 3.27. The highest BCUT2D eigenvalue weighted by Gasteiger charge is 2.27. The number of benzene rings is 2. The molecule has 4 rings (SSSR count). The molecular weight excluding hydrogens is 674 g/mol. The van der Waals surface area contributed by atoms with E-state index in [2.05, 4.69) is 33.5 Å². The second kappa shape index (κ2) is 21.5. The largest absolute Gasteiger partial charge is 1.00 e. The molecule has 13 nitrogen and oxygen atoms in total. The van der Waals surface area contributed by atoms with Crippen LogP contribution in [0, 0.1) is 0 Å². The van der Waals surface area contributed by atoms with Crippen LogP contribution in [0.2, 0.25) is 0 Å². The predicted molar refractivity (Wildman–Crippen MR) is 194 cm³/mol. The molecule has 2 aromatic carbocycles. The Morgan fingerprint density at radius 2 is 1.39 bits per heavy atom. The van der Waals surface area contributed by atoms with Gasteiger partial charge in [-0.05, 0) is 86.8 Å². The highest BCUT2D eigenvalue weighted by molar-refractivity contribution is 5.91. The van der Waals surface area contributed by atoms with Crippen LogP contribution in [0.3, 0.4) is 0 Å². The van der Waals surface area contributed by atoms with E-state index in [9.17, 15) is 9.59 Å². The Morgan fingerprint density at radius 3 is 1.98 bits per heavy atom. The van der Waals surface area contributed by atoms with Crippen molar-refractivity contribution >= 4 is 22.6 Å². The number of aromatic nitrogens is 1. The molecule has 0 bridgehead atoms. The number of pyridine rings is 1. The number of hydrogen-bond acceptors (Lipinski definition) is 10. The average molecular weight is 730 g/mol.